The van der Waals surface area contributed by atoms with Crippen LogP contribution in [0, 0.1) is 28.5 Å². The second-order valence-electron chi connectivity index (χ2n) is 12.5. The van der Waals surface area contributed by atoms with Gasteiger partial charge in [0.25, 0.3) is 0 Å². The number of benzene rings is 3. The van der Waals surface area contributed by atoms with E-state index in [0.717, 1.165) is 43.3 Å². The second-order valence-corrected chi connectivity index (χ2v) is 13.0. The molecule has 0 radical (unpaired) electrons. The van der Waals surface area contributed by atoms with Crippen molar-refractivity contribution in [2.24, 2.45) is 0 Å². The predicted molar refractivity (Wildman–Crippen MR) is 179 cm³/mol. The zero-order valence-electron chi connectivity index (χ0n) is 25.9. The van der Waals surface area contributed by atoms with E-state index in [4.69, 9.17) is 11.6 Å². The lowest BCUT2D eigenvalue weighted by molar-refractivity contribution is 0.0570. The molecule has 1 saturated heterocycles. The summed E-state index contributed by atoms with van der Waals surface area (Å²) in [5, 5.41) is 29.5. The van der Waals surface area contributed by atoms with Crippen LogP contribution in [0.1, 0.15) is 56.3 Å². The summed E-state index contributed by atoms with van der Waals surface area (Å²) in [6.45, 7) is 8.86. The van der Waals surface area contributed by atoms with Crippen LogP contribution in [0.25, 0.3) is 10.9 Å². The highest BCUT2D eigenvalue weighted by atomic mass is 35.5. The first kappa shape index (κ1) is 31.1. The number of nitrogens with zero attached hydrogens (tertiary/aromatic N) is 5. The molecule has 0 amide bonds. The number of likely N-dealkylation sites (tertiary alicyclic amines) is 1. The summed E-state index contributed by atoms with van der Waals surface area (Å²) in [4.78, 5) is 6.99. The van der Waals surface area contributed by atoms with Gasteiger partial charge in [-0.15, -0.1) is 5.53 Å². The third-order valence-corrected chi connectivity index (χ3v) is 8.86. The Balaban J connectivity index is 1.34. The van der Waals surface area contributed by atoms with E-state index in [0.29, 0.717) is 39.0 Å². The Morgan fingerprint density at radius 1 is 1.02 bits per heavy atom. The van der Waals surface area contributed by atoms with Gasteiger partial charge >= 0.3 is 0 Å². The van der Waals surface area contributed by atoms with Gasteiger partial charge < -0.3 is 16.1 Å². The molecule has 1 aromatic heterocycles. The number of hydrogen-bond acceptors (Lipinski definition) is 9. The Labute approximate surface area is 273 Å². The number of nitriles is 2. The molecule has 3 aromatic carbocycles. The van der Waals surface area contributed by atoms with Crippen LogP contribution in [-0.4, -0.2) is 39.6 Å². The van der Waals surface area contributed by atoms with Crippen LogP contribution < -0.4 is 21.6 Å². The van der Waals surface area contributed by atoms with Crippen molar-refractivity contribution < 1.29 is 4.39 Å². The van der Waals surface area contributed by atoms with Crippen molar-refractivity contribution in [1.29, 1.82) is 10.5 Å². The number of rotatable bonds is 7. The summed E-state index contributed by atoms with van der Waals surface area (Å²) in [7, 11) is 0. The van der Waals surface area contributed by atoms with Gasteiger partial charge in [0, 0.05) is 48.1 Å². The fourth-order valence-corrected chi connectivity index (χ4v) is 6.34. The van der Waals surface area contributed by atoms with Gasteiger partial charge in [-0.05, 0) is 69.5 Å². The molecular weight excluding hydrogens is 601 g/mol. The van der Waals surface area contributed by atoms with E-state index in [1.54, 1.807) is 0 Å². The Morgan fingerprint density at radius 3 is 2.46 bits per heavy atom. The molecule has 0 bridgehead atoms. The zero-order chi connectivity index (χ0) is 32.4. The standard InChI is InChI=1S/C35H35ClFN9/c1-35(2,3)45-13-11-27(12-14-45)46-21-31(43-44-46)33(22-7-5-4-6-8-22)41-26-16-28-32(24(19-39)20-40-34(28)29(36)17-26)42-30-10-9-25(37)15-23(30)18-38/h4-10,15-17,20-21,27,33,41,43-44H,11-14H2,1-3H3,(H,40,42)/t33-/m0/s1. The lowest BCUT2D eigenvalue weighted by Gasteiger charge is -2.42. The number of anilines is 3. The maximum Gasteiger partial charge on any atom is 0.124 e. The van der Waals surface area contributed by atoms with Crippen molar-refractivity contribution in [2.45, 2.75) is 51.2 Å². The first-order valence-electron chi connectivity index (χ1n) is 15.2. The van der Waals surface area contributed by atoms with Crippen molar-refractivity contribution in [2.75, 3.05) is 23.7 Å². The van der Waals surface area contributed by atoms with Crippen molar-refractivity contribution in [3.63, 3.8) is 0 Å². The van der Waals surface area contributed by atoms with E-state index in [-0.39, 0.29) is 22.7 Å². The Morgan fingerprint density at radius 2 is 1.76 bits per heavy atom. The zero-order valence-corrected chi connectivity index (χ0v) is 26.7. The third-order valence-electron chi connectivity index (χ3n) is 8.58. The molecule has 1 atom stereocenters. The van der Waals surface area contributed by atoms with Gasteiger partial charge in [-0.25, -0.2) is 4.39 Å². The number of hydrazine groups is 2. The lowest BCUT2D eigenvalue weighted by atomic mass is 9.98. The van der Waals surface area contributed by atoms with Gasteiger partial charge in [0.15, 0.2) is 0 Å². The molecule has 0 aliphatic carbocycles. The van der Waals surface area contributed by atoms with Crippen LogP contribution in [0.5, 0.6) is 0 Å². The van der Waals surface area contributed by atoms with E-state index < -0.39 is 5.82 Å². The number of pyridine rings is 1. The molecule has 11 heteroatoms. The van der Waals surface area contributed by atoms with Gasteiger partial charge in [0.1, 0.15) is 18.0 Å². The highest BCUT2D eigenvalue weighted by Crippen LogP contribution is 2.37. The fourth-order valence-electron chi connectivity index (χ4n) is 6.07. The number of hydrogen-bond donors (Lipinski definition) is 4. The molecule has 2 aliphatic heterocycles. The minimum atomic E-state index is -0.526. The smallest absolute Gasteiger partial charge is 0.124 e. The normalized spacial score (nSPS) is 16.3. The molecule has 1 fully saturated rings. The summed E-state index contributed by atoms with van der Waals surface area (Å²) in [6.07, 6.45) is 5.66. The van der Waals surface area contributed by atoms with Crippen LogP contribution in [0.4, 0.5) is 21.5 Å². The summed E-state index contributed by atoms with van der Waals surface area (Å²) >= 11 is 6.80. The van der Waals surface area contributed by atoms with E-state index in [9.17, 15) is 14.9 Å². The molecule has 4 N–H and O–H groups in total. The molecule has 0 spiro atoms. The minimum absolute atomic E-state index is 0.110. The van der Waals surface area contributed by atoms with Gasteiger partial charge in [0.05, 0.1) is 44.8 Å². The summed E-state index contributed by atoms with van der Waals surface area (Å²) in [5.74, 6) is -0.526. The molecule has 0 unspecified atom stereocenters. The number of nitrogens with one attached hydrogen (secondary N) is 4. The van der Waals surface area contributed by atoms with Crippen molar-refractivity contribution in [1.82, 2.24) is 25.9 Å². The van der Waals surface area contributed by atoms with Gasteiger partial charge in [-0.1, -0.05) is 41.9 Å². The molecule has 3 heterocycles. The molecule has 2 aliphatic rings. The number of fused-ring (bicyclic) bond motifs is 1. The number of aromatic nitrogens is 1. The molecule has 4 aromatic rings. The molecule has 234 valence electrons. The van der Waals surface area contributed by atoms with Crippen molar-refractivity contribution >= 4 is 39.6 Å². The lowest BCUT2D eigenvalue weighted by Crippen LogP contribution is -2.52. The van der Waals surface area contributed by atoms with E-state index in [2.05, 4.69) is 81.7 Å². The van der Waals surface area contributed by atoms with Crippen LogP contribution >= 0.6 is 11.6 Å². The quantitative estimate of drug-likeness (QED) is 0.169. The minimum Gasteiger partial charge on any atom is -0.373 e. The van der Waals surface area contributed by atoms with Crippen LogP contribution in [0.15, 0.2) is 78.8 Å². The topological polar surface area (TPSA) is 115 Å². The van der Waals surface area contributed by atoms with Crippen LogP contribution in [-0.2, 0) is 0 Å². The average molecular weight is 636 g/mol. The predicted octanol–water partition coefficient (Wildman–Crippen LogP) is 7.10. The van der Waals surface area contributed by atoms with Crippen molar-refractivity contribution in [3.05, 3.63) is 106 Å². The number of halogens is 2. The first-order chi connectivity index (χ1) is 22.1. The second kappa shape index (κ2) is 12.9. The van der Waals surface area contributed by atoms with Crippen LogP contribution in [0.2, 0.25) is 5.02 Å². The van der Waals surface area contributed by atoms with Gasteiger partial charge in [-0.3, -0.25) is 14.9 Å². The number of piperidine rings is 1. The first-order valence-corrected chi connectivity index (χ1v) is 15.6. The molecule has 6 rings (SSSR count). The largest absolute Gasteiger partial charge is 0.373 e. The van der Waals surface area contributed by atoms with E-state index >= 15 is 0 Å². The SMILES string of the molecule is CC(C)(C)N1CCC(N2C=C([C@@H](Nc3cc(Cl)c4ncc(C#N)c(Nc5ccc(F)cc5C#N)c4c3)c3ccccc3)NN2)CC1. The van der Waals surface area contributed by atoms with Gasteiger partial charge in [0.2, 0.25) is 0 Å². The monoisotopic (exact) mass is 635 g/mol. The highest BCUT2D eigenvalue weighted by Gasteiger charge is 2.32. The maximum atomic E-state index is 13.9. The summed E-state index contributed by atoms with van der Waals surface area (Å²) in [6, 6.07) is 21.9. The Hall–Kier alpha value is -4.87. The molecule has 46 heavy (non-hydrogen) atoms. The average Bonchev–Trinajstić information content (AvgIpc) is 3.55. The third kappa shape index (κ3) is 6.42. The van der Waals surface area contributed by atoms with Crippen LogP contribution in [0.3, 0.4) is 0 Å². The fraction of sp³-hybridized carbons (Fsp3) is 0.286. The van der Waals surface area contributed by atoms with Crippen molar-refractivity contribution in [3.8, 4) is 12.1 Å². The highest BCUT2D eigenvalue weighted by molar-refractivity contribution is 6.36. The Bertz CT molecular complexity index is 1870. The Kier molecular flexibility index (Phi) is 8.70. The van der Waals surface area contributed by atoms with E-state index in [1.165, 1.54) is 18.3 Å². The maximum absolute atomic E-state index is 13.9. The summed E-state index contributed by atoms with van der Waals surface area (Å²) in [5.41, 5.74) is 11.2. The molecule has 0 saturated carbocycles. The molecular formula is C35H35ClFN9. The molecule has 9 nitrogen and oxygen atoms in total. The summed E-state index contributed by atoms with van der Waals surface area (Å²) < 4.78 is 13.9. The van der Waals surface area contributed by atoms with Gasteiger partial charge in [-0.2, -0.15) is 10.5 Å². The van der Waals surface area contributed by atoms with E-state index in [1.807, 2.05) is 36.4 Å².